The molecule has 0 aromatic heterocycles. The van der Waals surface area contributed by atoms with Gasteiger partial charge in [0, 0.05) is 13.2 Å². The van der Waals surface area contributed by atoms with Crippen molar-refractivity contribution in [3.63, 3.8) is 0 Å². The summed E-state index contributed by atoms with van der Waals surface area (Å²) in [5.74, 6) is 0.143. The van der Waals surface area contributed by atoms with E-state index in [-0.39, 0.29) is 30.5 Å². The largest absolute Gasteiger partial charge is 0.379 e. The first-order chi connectivity index (χ1) is 7.70. The van der Waals surface area contributed by atoms with Gasteiger partial charge >= 0.3 is 0 Å². The Morgan fingerprint density at radius 3 is 2.82 bits per heavy atom. The van der Waals surface area contributed by atoms with Crippen molar-refractivity contribution in [2.45, 2.75) is 51.7 Å². The lowest BCUT2D eigenvalue weighted by atomic mass is 10.0. The van der Waals surface area contributed by atoms with Crippen molar-refractivity contribution in [1.82, 2.24) is 10.6 Å². The molecule has 1 unspecified atom stereocenters. The van der Waals surface area contributed by atoms with E-state index < -0.39 is 0 Å². The van der Waals surface area contributed by atoms with Gasteiger partial charge < -0.3 is 15.4 Å². The molecule has 0 bridgehead atoms. The summed E-state index contributed by atoms with van der Waals surface area (Å²) < 4.78 is 5.40. The van der Waals surface area contributed by atoms with Crippen LogP contribution in [0.1, 0.15) is 39.5 Å². The molecular formula is C12H25ClN2O2. The summed E-state index contributed by atoms with van der Waals surface area (Å²) in [4.78, 5) is 11.7. The quantitative estimate of drug-likeness (QED) is 0.715. The minimum atomic E-state index is 0. The Bertz CT molecular complexity index is 207. The van der Waals surface area contributed by atoms with Gasteiger partial charge in [-0.05, 0) is 39.7 Å². The second-order valence-corrected chi connectivity index (χ2v) is 4.57. The van der Waals surface area contributed by atoms with Crippen LogP contribution in [0.3, 0.4) is 0 Å². The van der Waals surface area contributed by atoms with E-state index in [1.807, 2.05) is 13.8 Å². The SMILES string of the molecule is CC(C)OCCCNC(=O)C1CCCCN1.Cl. The highest BCUT2D eigenvalue weighted by molar-refractivity contribution is 5.85. The first-order valence-electron chi connectivity index (χ1n) is 6.33. The average Bonchev–Trinajstić information content (AvgIpc) is 2.29. The van der Waals surface area contributed by atoms with Gasteiger partial charge in [0.1, 0.15) is 0 Å². The fraction of sp³-hybridized carbons (Fsp3) is 0.917. The van der Waals surface area contributed by atoms with Crippen LogP contribution in [-0.2, 0) is 9.53 Å². The van der Waals surface area contributed by atoms with E-state index >= 15 is 0 Å². The summed E-state index contributed by atoms with van der Waals surface area (Å²) in [5, 5.41) is 6.18. The number of hydrogen-bond donors (Lipinski definition) is 2. The molecule has 0 aliphatic carbocycles. The third-order valence-corrected chi connectivity index (χ3v) is 2.70. The maximum atomic E-state index is 11.7. The van der Waals surface area contributed by atoms with Crippen LogP contribution in [0.5, 0.6) is 0 Å². The number of halogens is 1. The molecule has 1 atom stereocenters. The maximum Gasteiger partial charge on any atom is 0.237 e. The van der Waals surface area contributed by atoms with E-state index in [1.54, 1.807) is 0 Å². The van der Waals surface area contributed by atoms with Gasteiger partial charge in [0.2, 0.25) is 5.91 Å². The third-order valence-electron chi connectivity index (χ3n) is 2.70. The molecule has 4 nitrogen and oxygen atoms in total. The normalized spacial score (nSPS) is 19.8. The fourth-order valence-corrected chi connectivity index (χ4v) is 1.80. The number of rotatable bonds is 6. The number of ether oxygens (including phenoxy) is 1. The first-order valence-corrected chi connectivity index (χ1v) is 6.33. The monoisotopic (exact) mass is 264 g/mol. The summed E-state index contributed by atoms with van der Waals surface area (Å²) in [6.07, 6.45) is 4.47. The van der Waals surface area contributed by atoms with Crippen LogP contribution in [0.2, 0.25) is 0 Å². The summed E-state index contributed by atoms with van der Waals surface area (Å²) >= 11 is 0. The van der Waals surface area contributed by atoms with E-state index in [0.29, 0.717) is 6.54 Å². The molecule has 1 heterocycles. The average molecular weight is 265 g/mol. The molecule has 1 amide bonds. The van der Waals surface area contributed by atoms with E-state index in [0.717, 1.165) is 32.4 Å². The van der Waals surface area contributed by atoms with E-state index in [9.17, 15) is 4.79 Å². The molecule has 0 aromatic carbocycles. The van der Waals surface area contributed by atoms with Crippen LogP contribution >= 0.6 is 12.4 Å². The predicted octanol–water partition coefficient (Wildman–Crippen LogP) is 1.48. The molecule has 1 aliphatic rings. The van der Waals surface area contributed by atoms with Gasteiger partial charge in [0.25, 0.3) is 0 Å². The molecule has 0 aromatic rings. The van der Waals surface area contributed by atoms with Gasteiger partial charge in [0.15, 0.2) is 0 Å². The molecular weight excluding hydrogens is 240 g/mol. The molecule has 0 radical (unpaired) electrons. The van der Waals surface area contributed by atoms with Crippen molar-refractivity contribution < 1.29 is 9.53 Å². The number of carbonyl (C=O) groups excluding carboxylic acids is 1. The first kappa shape index (κ1) is 16.7. The zero-order chi connectivity index (χ0) is 11.8. The lowest BCUT2D eigenvalue weighted by Gasteiger charge is -2.22. The molecule has 0 spiro atoms. The fourth-order valence-electron chi connectivity index (χ4n) is 1.80. The van der Waals surface area contributed by atoms with Crippen LogP contribution in [0.15, 0.2) is 0 Å². The van der Waals surface area contributed by atoms with Crippen molar-refractivity contribution in [3.05, 3.63) is 0 Å². The van der Waals surface area contributed by atoms with Gasteiger partial charge in [-0.2, -0.15) is 0 Å². The molecule has 1 rings (SSSR count). The lowest BCUT2D eigenvalue weighted by molar-refractivity contribution is -0.123. The molecule has 1 fully saturated rings. The van der Waals surface area contributed by atoms with Gasteiger partial charge in [-0.3, -0.25) is 4.79 Å². The zero-order valence-electron chi connectivity index (χ0n) is 10.8. The van der Waals surface area contributed by atoms with Crippen molar-refractivity contribution in [1.29, 1.82) is 0 Å². The number of carbonyl (C=O) groups is 1. The van der Waals surface area contributed by atoms with E-state index in [2.05, 4.69) is 10.6 Å². The minimum Gasteiger partial charge on any atom is -0.379 e. The molecule has 17 heavy (non-hydrogen) atoms. The van der Waals surface area contributed by atoms with E-state index in [1.165, 1.54) is 6.42 Å². The van der Waals surface area contributed by atoms with Crippen LogP contribution in [0, 0.1) is 0 Å². The van der Waals surface area contributed by atoms with Crippen LogP contribution in [-0.4, -0.2) is 37.7 Å². The van der Waals surface area contributed by atoms with Gasteiger partial charge in [0.05, 0.1) is 12.1 Å². The van der Waals surface area contributed by atoms with Crippen molar-refractivity contribution in [2.75, 3.05) is 19.7 Å². The number of hydrogen-bond acceptors (Lipinski definition) is 3. The highest BCUT2D eigenvalue weighted by atomic mass is 35.5. The summed E-state index contributed by atoms with van der Waals surface area (Å²) in [6.45, 7) is 6.43. The van der Waals surface area contributed by atoms with Crippen molar-refractivity contribution >= 4 is 18.3 Å². The summed E-state index contributed by atoms with van der Waals surface area (Å²) in [6, 6.07) is 0.0276. The third kappa shape index (κ3) is 7.58. The molecule has 102 valence electrons. The van der Waals surface area contributed by atoms with Crippen LogP contribution in [0.25, 0.3) is 0 Å². The summed E-state index contributed by atoms with van der Waals surface area (Å²) in [7, 11) is 0. The smallest absolute Gasteiger partial charge is 0.237 e. The Kier molecular flexibility index (Phi) is 9.50. The highest BCUT2D eigenvalue weighted by Gasteiger charge is 2.19. The second-order valence-electron chi connectivity index (χ2n) is 4.57. The molecule has 5 heteroatoms. The molecule has 2 N–H and O–H groups in total. The Balaban J connectivity index is 0.00000256. The lowest BCUT2D eigenvalue weighted by Crippen LogP contribution is -2.46. The highest BCUT2D eigenvalue weighted by Crippen LogP contribution is 2.06. The van der Waals surface area contributed by atoms with Crippen molar-refractivity contribution in [3.8, 4) is 0 Å². The minimum absolute atomic E-state index is 0. The maximum absolute atomic E-state index is 11.7. The molecule has 1 aliphatic heterocycles. The zero-order valence-corrected chi connectivity index (χ0v) is 11.6. The number of nitrogens with one attached hydrogen (secondary N) is 2. The standard InChI is InChI=1S/C12H24N2O2.ClH/c1-10(2)16-9-5-8-14-12(15)11-6-3-4-7-13-11;/h10-11,13H,3-9H2,1-2H3,(H,14,15);1H. The van der Waals surface area contributed by atoms with Gasteiger partial charge in [-0.1, -0.05) is 6.42 Å². The van der Waals surface area contributed by atoms with Crippen molar-refractivity contribution in [2.24, 2.45) is 0 Å². The predicted molar refractivity (Wildman–Crippen MR) is 71.6 cm³/mol. The number of piperidine rings is 1. The van der Waals surface area contributed by atoms with Gasteiger partial charge in [-0.15, -0.1) is 12.4 Å². The van der Waals surface area contributed by atoms with Crippen LogP contribution < -0.4 is 10.6 Å². The molecule has 0 saturated carbocycles. The number of amides is 1. The van der Waals surface area contributed by atoms with E-state index in [4.69, 9.17) is 4.74 Å². The Morgan fingerprint density at radius 1 is 1.47 bits per heavy atom. The molecule has 1 saturated heterocycles. The second kappa shape index (κ2) is 9.68. The van der Waals surface area contributed by atoms with Crippen LogP contribution in [0.4, 0.5) is 0 Å². The Labute approximate surface area is 110 Å². The topological polar surface area (TPSA) is 50.4 Å². The Morgan fingerprint density at radius 2 is 2.24 bits per heavy atom. The van der Waals surface area contributed by atoms with Gasteiger partial charge in [-0.25, -0.2) is 0 Å². The summed E-state index contributed by atoms with van der Waals surface area (Å²) in [5.41, 5.74) is 0. The Hall–Kier alpha value is -0.320.